The lowest BCUT2D eigenvalue weighted by atomic mass is 10.0. The van der Waals surface area contributed by atoms with Crippen LogP contribution in [0.3, 0.4) is 0 Å². The van der Waals surface area contributed by atoms with Gasteiger partial charge in [0, 0.05) is 11.8 Å². The maximum atomic E-state index is 8.39. The van der Waals surface area contributed by atoms with Gasteiger partial charge in [-0.2, -0.15) is 4.89 Å². The summed E-state index contributed by atoms with van der Waals surface area (Å²) in [5, 5.41) is 11.4. The van der Waals surface area contributed by atoms with Crippen LogP contribution in [0.4, 0.5) is 0 Å². The van der Waals surface area contributed by atoms with Crippen LogP contribution in [-0.4, -0.2) is 11.4 Å². The van der Waals surface area contributed by atoms with Crippen LogP contribution in [0.25, 0.3) is 0 Å². The second-order valence-corrected chi connectivity index (χ2v) is 3.73. The second-order valence-electron chi connectivity index (χ2n) is 3.73. The van der Waals surface area contributed by atoms with Crippen molar-refractivity contribution >= 4 is 6.21 Å². The molecule has 1 N–H and O–H groups in total. The van der Waals surface area contributed by atoms with Crippen molar-refractivity contribution in [3.63, 3.8) is 0 Å². The van der Waals surface area contributed by atoms with Crippen LogP contribution in [-0.2, 0) is 17.9 Å². The lowest BCUT2D eigenvalue weighted by Crippen LogP contribution is -2.01. The third-order valence-electron chi connectivity index (χ3n) is 2.37. The van der Waals surface area contributed by atoms with Crippen molar-refractivity contribution in [3.8, 4) is 5.75 Å². The lowest BCUT2D eigenvalue weighted by molar-refractivity contribution is -0.194. The standard InChI is InChI=1S/C11H13NO3/c1-8(6-12-13)4-9-2-3-10-7-14-15-11(10)5-9/h2-3,5-6,8,13H,4,7H2,1H3. The molecule has 0 spiro atoms. The lowest BCUT2D eigenvalue weighted by Gasteiger charge is -2.05. The van der Waals surface area contributed by atoms with E-state index in [-0.39, 0.29) is 5.92 Å². The molecule has 0 aromatic heterocycles. The highest BCUT2D eigenvalue weighted by Gasteiger charge is 2.14. The first kappa shape index (κ1) is 9.98. The number of fused-ring (bicyclic) bond motifs is 1. The van der Waals surface area contributed by atoms with Crippen LogP contribution in [0.1, 0.15) is 18.1 Å². The number of benzene rings is 1. The molecule has 0 fully saturated rings. The van der Waals surface area contributed by atoms with E-state index in [1.807, 2.05) is 25.1 Å². The van der Waals surface area contributed by atoms with Crippen molar-refractivity contribution in [2.75, 3.05) is 0 Å². The largest absolute Gasteiger partial charge is 0.411 e. The first-order valence-corrected chi connectivity index (χ1v) is 4.88. The van der Waals surface area contributed by atoms with E-state index in [2.05, 4.69) is 5.16 Å². The van der Waals surface area contributed by atoms with E-state index in [0.717, 1.165) is 23.3 Å². The summed E-state index contributed by atoms with van der Waals surface area (Å²) in [6.45, 7) is 2.51. The Labute approximate surface area is 88.1 Å². The predicted octanol–water partition coefficient (Wildman–Crippen LogP) is 2.15. The highest BCUT2D eigenvalue weighted by atomic mass is 17.2. The maximum Gasteiger partial charge on any atom is 0.171 e. The molecular formula is C11H13NO3. The summed E-state index contributed by atoms with van der Waals surface area (Å²) < 4.78 is 0. The van der Waals surface area contributed by atoms with Crippen LogP contribution in [0, 0.1) is 5.92 Å². The number of oxime groups is 1. The molecule has 0 aliphatic carbocycles. The van der Waals surface area contributed by atoms with Crippen molar-refractivity contribution in [3.05, 3.63) is 29.3 Å². The van der Waals surface area contributed by atoms with Gasteiger partial charge in [-0.15, -0.1) is 5.16 Å². The summed E-state index contributed by atoms with van der Waals surface area (Å²) in [7, 11) is 0. The summed E-state index contributed by atoms with van der Waals surface area (Å²) >= 11 is 0. The highest BCUT2D eigenvalue weighted by Crippen LogP contribution is 2.27. The molecule has 0 amide bonds. The van der Waals surface area contributed by atoms with Crippen molar-refractivity contribution in [1.29, 1.82) is 0 Å². The van der Waals surface area contributed by atoms with Crippen molar-refractivity contribution in [2.45, 2.75) is 20.0 Å². The second kappa shape index (κ2) is 4.31. The Kier molecular flexibility index (Phi) is 2.87. The summed E-state index contributed by atoms with van der Waals surface area (Å²) in [6, 6.07) is 6.00. The summed E-state index contributed by atoms with van der Waals surface area (Å²) in [6.07, 6.45) is 2.34. The van der Waals surface area contributed by atoms with Gasteiger partial charge in [0.1, 0.15) is 6.61 Å². The smallest absolute Gasteiger partial charge is 0.171 e. The van der Waals surface area contributed by atoms with Crippen molar-refractivity contribution in [2.24, 2.45) is 11.1 Å². The SMILES string of the molecule is CC(C=NO)Cc1ccc2c(c1)OOC2. The molecule has 0 bridgehead atoms. The van der Waals surface area contributed by atoms with Crippen molar-refractivity contribution < 1.29 is 15.0 Å². The van der Waals surface area contributed by atoms with Gasteiger partial charge < -0.3 is 10.1 Å². The Bertz CT molecular complexity index is 376. The zero-order chi connectivity index (χ0) is 10.7. The number of hydrogen-bond donors (Lipinski definition) is 1. The average Bonchev–Trinajstić information content (AvgIpc) is 2.65. The maximum absolute atomic E-state index is 8.39. The monoisotopic (exact) mass is 207 g/mol. The van der Waals surface area contributed by atoms with E-state index in [1.165, 1.54) is 6.21 Å². The van der Waals surface area contributed by atoms with Gasteiger partial charge in [0.05, 0.1) is 0 Å². The molecule has 4 heteroatoms. The van der Waals surface area contributed by atoms with Gasteiger partial charge in [0.25, 0.3) is 0 Å². The molecule has 0 saturated heterocycles. The van der Waals surface area contributed by atoms with E-state index in [0.29, 0.717) is 6.61 Å². The molecule has 0 saturated carbocycles. The van der Waals surface area contributed by atoms with Crippen molar-refractivity contribution in [1.82, 2.24) is 0 Å². The minimum absolute atomic E-state index is 0.204. The summed E-state index contributed by atoms with van der Waals surface area (Å²) in [5.74, 6) is 0.996. The van der Waals surface area contributed by atoms with Crippen LogP contribution < -0.4 is 4.89 Å². The number of rotatable bonds is 3. The minimum Gasteiger partial charge on any atom is -0.411 e. The zero-order valence-corrected chi connectivity index (χ0v) is 8.51. The molecule has 4 nitrogen and oxygen atoms in total. The van der Waals surface area contributed by atoms with Gasteiger partial charge in [-0.3, -0.25) is 0 Å². The number of nitrogens with zero attached hydrogens (tertiary/aromatic N) is 1. The van der Waals surface area contributed by atoms with Gasteiger partial charge in [-0.25, -0.2) is 0 Å². The quantitative estimate of drug-likeness (QED) is 0.357. The molecule has 1 aromatic carbocycles. The van der Waals surface area contributed by atoms with Crippen LogP contribution >= 0.6 is 0 Å². The van der Waals surface area contributed by atoms with Crippen LogP contribution in [0.2, 0.25) is 0 Å². The molecule has 1 atom stereocenters. The Morgan fingerprint density at radius 2 is 2.47 bits per heavy atom. The molecule has 1 aliphatic rings. The fraction of sp³-hybridized carbons (Fsp3) is 0.364. The van der Waals surface area contributed by atoms with Gasteiger partial charge >= 0.3 is 0 Å². The Morgan fingerprint density at radius 3 is 3.27 bits per heavy atom. The highest BCUT2D eigenvalue weighted by molar-refractivity contribution is 5.60. The molecule has 1 aromatic rings. The third-order valence-corrected chi connectivity index (χ3v) is 2.37. The van der Waals surface area contributed by atoms with E-state index in [4.69, 9.17) is 15.0 Å². The third kappa shape index (κ3) is 2.27. The first-order chi connectivity index (χ1) is 7.29. The van der Waals surface area contributed by atoms with Gasteiger partial charge in [-0.1, -0.05) is 19.1 Å². The minimum atomic E-state index is 0.204. The van der Waals surface area contributed by atoms with Crippen LogP contribution in [0.5, 0.6) is 5.75 Å². The molecule has 1 heterocycles. The van der Waals surface area contributed by atoms with Gasteiger partial charge in [0.2, 0.25) is 0 Å². The molecule has 15 heavy (non-hydrogen) atoms. The van der Waals surface area contributed by atoms with E-state index in [1.54, 1.807) is 0 Å². The number of hydrogen-bond acceptors (Lipinski definition) is 4. The normalized spacial score (nSPS) is 16.3. The molecule has 1 aliphatic heterocycles. The topological polar surface area (TPSA) is 51.1 Å². The van der Waals surface area contributed by atoms with Crippen LogP contribution in [0.15, 0.2) is 23.4 Å². The van der Waals surface area contributed by atoms with Gasteiger partial charge in [0.15, 0.2) is 5.75 Å². The Hall–Kier alpha value is -1.55. The molecular weight excluding hydrogens is 194 g/mol. The summed E-state index contributed by atoms with van der Waals surface area (Å²) in [4.78, 5) is 9.85. The molecule has 0 radical (unpaired) electrons. The fourth-order valence-electron chi connectivity index (χ4n) is 1.62. The fourth-order valence-corrected chi connectivity index (χ4v) is 1.62. The summed E-state index contributed by atoms with van der Waals surface area (Å²) in [5.41, 5.74) is 2.22. The Balaban J connectivity index is 2.10. The first-order valence-electron chi connectivity index (χ1n) is 4.88. The molecule has 1 unspecified atom stereocenters. The molecule has 80 valence electrons. The van der Waals surface area contributed by atoms with E-state index in [9.17, 15) is 0 Å². The Morgan fingerprint density at radius 1 is 1.60 bits per heavy atom. The van der Waals surface area contributed by atoms with E-state index >= 15 is 0 Å². The predicted molar refractivity (Wildman–Crippen MR) is 55.0 cm³/mol. The van der Waals surface area contributed by atoms with E-state index < -0.39 is 0 Å². The molecule has 2 rings (SSSR count). The van der Waals surface area contributed by atoms with Gasteiger partial charge in [-0.05, 0) is 24.0 Å². The average molecular weight is 207 g/mol. The zero-order valence-electron chi connectivity index (χ0n) is 8.51.